The lowest BCUT2D eigenvalue weighted by Gasteiger charge is -2.06. The first-order valence-corrected chi connectivity index (χ1v) is 5.72. The minimum atomic E-state index is -0.321. The molecule has 0 fully saturated rings. The van der Waals surface area contributed by atoms with E-state index in [4.69, 9.17) is 0 Å². The summed E-state index contributed by atoms with van der Waals surface area (Å²) in [4.78, 5) is 11.4. The molecule has 0 saturated heterocycles. The minimum absolute atomic E-state index is 0.321. The summed E-state index contributed by atoms with van der Waals surface area (Å²) in [5.41, 5.74) is 2.65. The van der Waals surface area contributed by atoms with E-state index in [9.17, 15) is 4.79 Å². The van der Waals surface area contributed by atoms with Crippen LogP contribution in [0.2, 0.25) is 0 Å². The standard InChI is InChI=1S/C14H16N2O2/c1-16-7-6-11(10-16)9-15-13-5-3-4-12(8-13)14(17)18-2/h3-8,10,15H,9H2,1-2H3. The maximum Gasteiger partial charge on any atom is 0.337 e. The number of benzene rings is 1. The van der Waals surface area contributed by atoms with Crippen LogP contribution in [0, 0.1) is 0 Å². The number of nitrogens with one attached hydrogen (secondary N) is 1. The van der Waals surface area contributed by atoms with Gasteiger partial charge in [0.05, 0.1) is 12.7 Å². The van der Waals surface area contributed by atoms with Gasteiger partial charge in [0.15, 0.2) is 0 Å². The molecule has 1 heterocycles. The van der Waals surface area contributed by atoms with Gasteiger partial charge < -0.3 is 14.6 Å². The number of aromatic nitrogens is 1. The zero-order valence-corrected chi connectivity index (χ0v) is 10.5. The molecule has 4 heteroatoms. The second-order valence-electron chi connectivity index (χ2n) is 4.11. The zero-order chi connectivity index (χ0) is 13.0. The van der Waals surface area contributed by atoms with Crippen molar-refractivity contribution in [3.8, 4) is 0 Å². The number of hydrogen-bond donors (Lipinski definition) is 1. The van der Waals surface area contributed by atoms with Crippen LogP contribution >= 0.6 is 0 Å². The molecule has 2 rings (SSSR count). The van der Waals surface area contributed by atoms with Gasteiger partial charge >= 0.3 is 5.97 Å². The Labute approximate surface area is 106 Å². The number of anilines is 1. The van der Waals surface area contributed by atoms with Crippen LogP contribution in [-0.2, 0) is 18.3 Å². The van der Waals surface area contributed by atoms with Crippen LogP contribution in [0.4, 0.5) is 5.69 Å². The Hall–Kier alpha value is -2.23. The number of rotatable bonds is 4. The van der Waals surface area contributed by atoms with E-state index in [1.807, 2.05) is 29.9 Å². The molecule has 0 unspecified atom stereocenters. The Morgan fingerprint density at radius 3 is 2.89 bits per heavy atom. The number of aryl methyl sites for hydroxylation is 1. The molecule has 0 radical (unpaired) electrons. The van der Waals surface area contributed by atoms with Crippen molar-refractivity contribution >= 4 is 11.7 Å². The highest BCUT2D eigenvalue weighted by Gasteiger charge is 2.05. The van der Waals surface area contributed by atoms with Gasteiger partial charge in [-0.1, -0.05) is 6.07 Å². The van der Waals surface area contributed by atoms with Gasteiger partial charge in [-0.05, 0) is 29.8 Å². The molecule has 1 aromatic heterocycles. The lowest BCUT2D eigenvalue weighted by Crippen LogP contribution is -2.03. The van der Waals surface area contributed by atoms with Gasteiger partial charge in [-0.3, -0.25) is 0 Å². The summed E-state index contributed by atoms with van der Waals surface area (Å²) in [6.45, 7) is 0.728. The fraction of sp³-hybridized carbons (Fsp3) is 0.214. The van der Waals surface area contributed by atoms with Crippen molar-refractivity contribution in [3.05, 3.63) is 53.9 Å². The molecule has 18 heavy (non-hydrogen) atoms. The third-order valence-electron chi connectivity index (χ3n) is 2.67. The van der Waals surface area contributed by atoms with Crippen molar-refractivity contribution in [2.24, 2.45) is 7.05 Å². The fourth-order valence-corrected chi connectivity index (χ4v) is 1.74. The normalized spacial score (nSPS) is 10.1. The molecule has 94 valence electrons. The smallest absolute Gasteiger partial charge is 0.337 e. The van der Waals surface area contributed by atoms with Crippen molar-refractivity contribution in [2.75, 3.05) is 12.4 Å². The molecule has 0 aliphatic carbocycles. The van der Waals surface area contributed by atoms with Crippen molar-refractivity contribution in [2.45, 2.75) is 6.54 Å². The molecule has 1 N–H and O–H groups in total. The molecule has 0 spiro atoms. The van der Waals surface area contributed by atoms with Gasteiger partial charge in [0.25, 0.3) is 0 Å². The van der Waals surface area contributed by atoms with E-state index in [-0.39, 0.29) is 5.97 Å². The molecular weight excluding hydrogens is 228 g/mol. The zero-order valence-electron chi connectivity index (χ0n) is 10.5. The van der Waals surface area contributed by atoms with Gasteiger partial charge in [0.2, 0.25) is 0 Å². The molecule has 0 bridgehead atoms. The van der Waals surface area contributed by atoms with Crippen LogP contribution < -0.4 is 5.32 Å². The van der Waals surface area contributed by atoms with E-state index in [2.05, 4.69) is 22.3 Å². The van der Waals surface area contributed by atoms with Gasteiger partial charge in [-0.15, -0.1) is 0 Å². The number of carbonyl (C=O) groups excluding carboxylic acids is 1. The predicted octanol–water partition coefficient (Wildman–Crippen LogP) is 2.42. The average molecular weight is 244 g/mol. The number of carbonyl (C=O) groups is 1. The number of nitrogens with zero attached hydrogens (tertiary/aromatic N) is 1. The summed E-state index contributed by atoms with van der Waals surface area (Å²) in [5.74, 6) is -0.321. The van der Waals surface area contributed by atoms with Gasteiger partial charge in [-0.25, -0.2) is 4.79 Å². The number of ether oxygens (including phenoxy) is 1. The van der Waals surface area contributed by atoms with Gasteiger partial charge in [0.1, 0.15) is 0 Å². The van der Waals surface area contributed by atoms with Crippen molar-refractivity contribution in [1.82, 2.24) is 4.57 Å². The highest BCUT2D eigenvalue weighted by Crippen LogP contribution is 2.13. The molecule has 0 aliphatic rings. The molecule has 1 aromatic carbocycles. The van der Waals surface area contributed by atoms with E-state index >= 15 is 0 Å². The highest BCUT2D eigenvalue weighted by atomic mass is 16.5. The van der Waals surface area contributed by atoms with E-state index in [0.29, 0.717) is 5.56 Å². The van der Waals surface area contributed by atoms with Crippen LogP contribution in [0.15, 0.2) is 42.7 Å². The van der Waals surface area contributed by atoms with E-state index in [1.165, 1.54) is 12.7 Å². The fourth-order valence-electron chi connectivity index (χ4n) is 1.74. The number of esters is 1. The molecule has 0 saturated carbocycles. The molecule has 0 amide bonds. The van der Waals surface area contributed by atoms with Crippen LogP contribution in [-0.4, -0.2) is 17.6 Å². The topological polar surface area (TPSA) is 43.3 Å². The van der Waals surface area contributed by atoms with Crippen molar-refractivity contribution in [1.29, 1.82) is 0 Å². The highest BCUT2D eigenvalue weighted by molar-refractivity contribution is 5.90. The second-order valence-corrected chi connectivity index (χ2v) is 4.11. The van der Waals surface area contributed by atoms with Crippen LogP contribution in [0.5, 0.6) is 0 Å². The SMILES string of the molecule is COC(=O)c1cccc(NCc2ccn(C)c2)c1. The number of methoxy groups -OCH3 is 1. The average Bonchev–Trinajstić information content (AvgIpc) is 2.81. The molecule has 2 aromatic rings. The van der Waals surface area contributed by atoms with Gasteiger partial charge in [-0.2, -0.15) is 0 Å². The molecular formula is C14H16N2O2. The summed E-state index contributed by atoms with van der Waals surface area (Å²) in [6, 6.07) is 9.33. The third-order valence-corrected chi connectivity index (χ3v) is 2.67. The summed E-state index contributed by atoms with van der Waals surface area (Å²) in [5, 5.41) is 3.27. The van der Waals surface area contributed by atoms with E-state index in [0.717, 1.165) is 12.2 Å². The third kappa shape index (κ3) is 2.91. The summed E-state index contributed by atoms with van der Waals surface area (Å²) >= 11 is 0. The first-order chi connectivity index (χ1) is 8.69. The quantitative estimate of drug-likeness (QED) is 0.840. The van der Waals surface area contributed by atoms with E-state index < -0.39 is 0 Å². The monoisotopic (exact) mass is 244 g/mol. The van der Waals surface area contributed by atoms with Gasteiger partial charge in [0, 0.05) is 31.7 Å². The van der Waals surface area contributed by atoms with E-state index in [1.54, 1.807) is 12.1 Å². The summed E-state index contributed by atoms with van der Waals surface area (Å²) in [7, 11) is 3.37. The molecule has 0 aliphatic heterocycles. The maximum absolute atomic E-state index is 11.4. The Kier molecular flexibility index (Phi) is 3.67. The first kappa shape index (κ1) is 12.2. The Morgan fingerprint density at radius 2 is 2.22 bits per heavy atom. The number of hydrogen-bond acceptors (Lipinski definition) is 3. The molecule has 4 nitrogen and oxygen atoms in total. The predicted molar refractivity (Wildman–Crippen MR) is 70.5 cm³/mol. The lowest BCUT2D eigenvalue weighted by molar-refractivity contribution is 0.0601. The van der Waals surface area contributed by atoms with Crippen molar-refractivity contribution in [3.63, 3.8) is 0 Å². The summed E-state index contributed by atoms with van der Waals surface area (Å²) < 4.78 is 6.69. The van der Waals surface area contributed by atoms with Crippen LogP contribution in [0.25, 0.3) is 0 Å². The Morgan fingerprint density at radius 1 is 1.39 bits per heavy atom. The van der Waals surface area contributed by atoms with Crippen molar-refractivity contribution < 1.29 is 9.53 Å². The van der Waals surface area contributed by atoms with Crippen LogP contribution in [0.1, 0.15) is 15.9 Å². The minimum Gasteiger partial charge on any atom is -0.465 e. The second kappa shape index (κ2) is 5.40. The Bertz CT molecular complexity index is 546. The largest absolute Gasteiger partial charge is 0.465 e. The summed E-state index contributed by atoms with van der Waals surface area (Å²) in [6.07, 6.45) is 4.05. The maximum atomic E-state index is 11.4. The molecule has 0 atom stereocenters. The lowest BCUT2D eigenvalue weighted by atomic mass is 10.2. The van der Waals surface area contributed by atoms with Crippen LogP contribution in [0.3, 0.4) is 0 Å². The first-order valence-electron chi connectivity index (χ1n) is 5.72. The Balaban J connectivity index is 2.03.